The van der Waals surface area contributed by atoms with Gasteiger partial charge in [-0.1, -0.05) is 0 Å². The molecule has 3 nitrogen and oxygen atoms in total. The molecule has 1 heterocycles. The summed E-state index contributed by atoms with van der Waals surface area (Å²) in [4.78, 5) is 3.94. The number of hydrogen-bond acceptors (Lipinski definition) is 3. The number of nitrogen functional groups attached to an aromatic ring is 1. The summed E-state index contributed by atoms with van der Waals surface area (Å²) in [6, 6.07) is 1.71. The largest absolute Gasteiger partial charge is 0.388 e. The molecule has 2 atom stereocenters. The Labute approximate surface area is 98.7 Å². The molecule has 0 saturated heterocycles. The highest BCUT2D eigenvalue weighted by Crippen LogP contribution is 2.45. The number of alkyl halides is 2. The van der Waals surface area contributed by atoms with Gasteiger partial charge in [-0.25, -0.2) is 13.8 Å². The molecule has 1 aromatic rings. The summed E-state index contributed by atoms with van der Waals surface area (Å²) in [6.07, 6.45) is 0.530. The Kier molecular flexibility index (Phi) is 3.03. The minimum Gasteiger partial charge on any atom is -0.388 e. The van der Waals surface area contributed by atoms with Gasteiger partial charge >= 0.3 is 0 Å². The first kappa shape index (κ1) is 12.2. The monoisotopic (exact) mass is 242 g/mol. The quantitative estimate of drug-likeness (QED) is 0.837. The molecular formula is C12H16F2N2O. The molecule has 1 aromatic heterocycles. The Morgan fingerprint density at radius 2 is 2.29 bits per heavy atom. The van der Waals surface area contributed by atoms with Crippen molar-refractivity contribution in [1.29, 1.82) is 0 Å². The van der Waals surface area contributed by atoms with E-state index >= 15 is 0 Å². The van der Waals surface area contributed by atoms with E-state index in [4.69, 9.17) is 5.73 Å². The number of nitrogens with two attached hydrogens (primary N) is 1. The number of rotatable bonds is 2. The second kappa shape index (κ2) is 4.22. The number of hydrogen-bond donors (Lipinski definition) is 2. The van der Waals surface area contributed by atoms with Gasteiger partial charge in [0.1, 0.15) is 5.82 Å². The van der Waals surface area contributed by atoms with Crippen LogP contribution in [0.25, 0.3) is 0 Å². The summed E-state index contributed by atoms with van der Waals surface area (Å²) in [5.41, 5.74) is 6.99. The molecule has 5 heteroatoms. The van der Waals surface area contributed by atoms with Crippen LogP contribution in [-0.4, -0.2) is 16.0 Å². The third-order valence-corrected chi connectivity index (χ3v) is 3.29. The number of pyridine rings is 1. The highest BCUT2D eigenvalue weighted by molar-refractivity contribution is 5.42. The molecule has 1 fully saturated rings. The highest BCUT2D eigenvalue weighted by atomic mass is 19.3. The summed E-state index contributed by atoms with van der Waals surface area (Å²) >= 11 is 0. The van der Waals surface area contributed by atoms with Crippen LogP contribution in [0.1, 0.15) is 36.5 Å². The average Bonchev–Trinajstić information content (AvgIpc) is 2.61. The van der Waals surface area contributed by atoms with E-state index in [1.54, 1.807) is 12.3 Å². The zero-order chi connectivity index (χ0) is 12.6. The molecule has 3 N–H and O–H groups in total. The minimum absolute atomic E-state index is 0.159. The molecule has 1 aliphatic rings. The van der Waals surface area contributed by atoms with Crippen LogP contribution in [0.2, 0.25) is 0 Å². The van der Waals surface area contributed by atoms with Crippen molar-refractivity contribution in [3.63, 3.8) is 0 Å². The Balaban J connectivity index is 2.20. The zero-order valence-electron chi connectivity index (χ0n) is 9.66. The molecular weight excluding hydrogens is 226 g/mol. The lowest BCUT2D eigenvalue weighted by Gasteiger charge is -2.19. The molecule has 0 amide bonds. The fourth-order valence-corrected chi connectivity index (χ4v) is 2.35. The molecule has 17 heavy (non-hydrogen) atoms. The molecule has 2 unspecified atom stereocenters. The van der Waals surface area contributed by atoms with E-state index in [9.17, 15) is 13.9 Å². The zero-order valence-corrected chi connectivity index (χ0v) is 9.66. The normalized spacial score (nSPS) is 24.8. The average molecular weight is 242 g/mol. The van der Waals surface area contributed by atoms with Crippen LogP contribution in [0.4, 0.5) is 14.6 Å². The summed E-state index contributed by atoms with van der Waals surface area (Å²) in [6.45, 7) is 1.83. The fraction of sp³-hybridized carbons (Fsp3) is 0.583. The van der Waals surface area contributed by atoms with Crippen LogP contribution in [0, 0.1) is 12.8 Å². The Hall–Kier alpha value is -1.23. The van der Waals surface area contributed by atoms with Crippen LogP contribution in [0.5, 0.6) is 0 Å². The maximum Gasteiger partial charge on any atom is 0.248 e. The van der Waals surface area contributed by atoms with Gasteiger partial charge in [0, 0.05) is 24.6 Å². The molecule has 1 saturated carbocycles. The van der Waals surface area contributed by atoms with Gasteiger partial charge in [-0.2, -0.15) is 0 Å². The third kappa shape index (κ3) is 2.54. The predicted octanol–water partition coefficient (Wildman–Crippen LogP) is 2.44. The van der Waals surface area contributed by atoms with Gasteiger partial charge in [-0.15, -0.1) is 0 Å². The maximum atomic E-state index is 13.1. The van der Waals surface area contributed by atoms with Crippen LogP contribution < -0.4 is 5.73 Å². The van der Waals surface area contributed by atoms with Gasteiger partial charge in [0.2, 0.25) is 5.92 Å². The first-order valence-electron chi connectivity index (χ1n) is 5.67. The van der Waals surface area contributed by atoms with E-state index in [1.165, 1.54) is 0 Å². The SMILES string of the molecule is Cc1cnc(N)c(C(O)C2CCC(F)(F)C2)c1. The topological polar surface area (TPSA) is 59.1 Å². The van der Waals surface area contributed by atoms with Crippen molar-refractivity contribution >= 4 is 5.82 Å². The van der Waals surface area contributed by atoms with Gasteiger partial charge in [-0.05, 0) is 30.9 Å². The van der Waals surface area contributed by atoms with Crippen molar-refractivity contribution < 1.29 is 13.9 Å². The molecule has 0 radical (unpaired) electrons. The van der Waals surface area contributed by atoms with Gasteiger partial charge in [-0.3, -0.25) is 0 Å². The van der Waals surface area contributed by atoms with Crippen molar-refractivity contribution in [1.82, 2.24) is 4.98 Å². The summed E-state index contributed by atoms with van der Waals surface area (Å²) in [5, 5.41) is 10.1. The van der Waals surface area contributed by atoms with E-state index in [0.29, 0.717) is 12.0 Å². The summed E-state index contributed by atoms with van der Waals surface area (Å²) < 4.78 is 26.2. The van der Waals surface area contributed by atoms with Gasteiger partial charge < -0.3 is 10.8 Å². The molecule has 1 aliphatic carbocycles. The Morgan fingerprint density at radius 1 is 1.59 bits per heavy atom. The first-order valence-corrected chi connectivity index (χ1v) is 5.67. The van der Waals surface area contributed by atoms with Gasteiger partial charge in [0.15, 0.2) is 0 Å². The number of aliphatic hydroxyl groups is 1. The Bertz CT molecular complexity index is 423. The summed E-state index contributed by atoms with van der Waals surface area (Å²) in [5.74, 6) is -2.87. The third-order valence-electron chi connectivity index (χ3n) is 3.29. The highest BCUT2D eigenvalue weighted by Gasteiger charge is 2.42. The second-order valence-electron chi connectivity index (χ2n) is 4.79. The van der Waals surface area contributed by atoms with E-state index in [1.807, 2.05) is 6.92 Å². The number of aliphatic hydroxyl groups excluding tert-OH is 1. The number of nitrogens with zero attached hydrogens (tertiary/aromatic N) is 1. The van der Waals surface area contributed by atoms with Crippen molar-refractivity contribution in [2.45, 2.75) is 38.2 Å². The van der Waals surface area contributed by atoms with Crippen LogP contribution >= 0.6 is 0 Å². The molecule has 0 spiro atoms. The van der Waals surface area contributed by atoms with E-state index in [0.717, 1.165) is 5.56 Å². The minimum atomic E-state index is -2.66. The first-order chi connectivity index (χ1) is 7.89. The smallest absolute Gasteiger partial charge is 0.248 e. The number of halogens is 2. The predicted molar refractivity (Wildman–Crippen MR) is 60.6 cm³/mol. The number of aryl methyl sites for hydroxylation is 1. The van der Waals surface area contributed by atoms with Gasteiger partial charge in [0.05, 0.1) is 6.10 Å². The molecule has 0 aliphatic heterocycles. The maximum absolute atomic E-state index is 13.1. The van der Waals surface area contributed by atoms with Gasteiger partial charge in [0.25, 0.3) is 0 Å². The van der Waals surface area contributed by atoms with Crippen molar-refractivity contribution in [3.05, 3.63) is 23.4 Å². The van der Waals surface area contributed by atoms with Crippen molar-refractivity contribution in [3.8, 4) is 0 Å². The van der Waals surface area contributed by atoms with E-state index < -0.39 is 17.9 Å². The fourth-order valence-electron chi connectivity index (χ4n) is 2.35. The summed E-state index contributed by atoms with van der Waals surface area (Å²) in [7, 11) is 0. The van der Waals surface area contributed by atoms with Crippen LogP contribution in [0.15, 0.2) is 12.3 Å². The second-order valence-corrected chi connectivity index (χ2v) is 4.79. The van der Waals surface area contributed by atoms with Crippen molar-refractivity contribution in [2.24, 2.45) is 5.92 Å². The number of anilines is 1. The molecule has 2 rings (SSSR count). The van der Waals surface area contributed by atoms with E-state index in [-0.39, 0.29) is 18.7 Å². The standard InChI is InChI=1S/C12H16F2N2O/c1-7-4-9(11(15)16-6-7)10(17)8-2-3-12(13,14)5-8/h4,6,8,10,17H,2-3,5H2,1H3,(H2,15,16). The lowest BCUT2D eigenvalue weighted by Crippen LogP contribution is -2.16. The number of aromatic nitrogens is 1. The molecule has 0 aromatic carbocycles. The van der Waals surface area contributed by atoms with Crippen molar-refractivity contribution in [2.75, 3.05) is 5.73 Å². The lowest BCUT2D eigenvalue weighted by atomic mass is 9.94. The van der Waals surface area contributed by atoms with Crippen LogP contribution in [0.3, 0.4) is 0 Å². The van der Waals surface area contributed by atoms with E-state index in [2.05, 4.69) is 4.98 Å². The van der Waals surface area contributed by atoms with Crippen LogP contribution in [-0.2, 0) is 0 Å². The molecule has 94 valence electrons. The molecule has 0 bridgehead atoms. The lowest BCUT2D eigenvalue weighted by molar-refractivity contribution is -0.00507. The Morgan fingerprint density at radius 3 is 2.88 bits per heavy atom.